The molecule has 0 aliphatic heterocycles. The molecule has 1 nitrogen and oxygen atoms in total. The first-order valence-electron chi connectivity index (χ1n) is 8.25. The van der Waals surface area contributed by atoms with Crippen molar-refractivity contribution in [3.63, 3.8) is 0 Å². The third-order valence-electron chi connectivity index (χ3n) is 4.67. The van der Waals surface area contributed by atoms with Crippen molar-refractivity contribution in [2.24, 2.45) is 0 Å². The molecule has 0 bridgehead atoms. The summed E-state index contributed by atoms with van der Waals surface area (Å²) in [4.78, 5) is 0. The lowest BCUT2D eigenvalue weighted by atomic mass is 10.0. The highest BCUT2D eigenvalue weighted by atomic mass is 16.3. The van der Waals surface area contributed by atoms with Crippen LogP contribution >= 0.6 is 0 Å². The first kappa shape index (κ1) is 13.4. The van der Waals surface area contributed by atoms with Crippen molar-refractivity contribution in [3.8, 4) is 0 Å². The number of rotatable bonds is 2. The van der Waals surface area contributed by atoms with Crippen LogP contribution in [0.2, 0.25) is 0 Å². The molecule has 114 valence electrons. The molecule has 0 fully saturated rings. The minimum atomic E-state index is 0.915. The molecule has 1 aromatic heterocycles. The van der Waals surface area contributed by atoms with Crippen molar-refractivity contribution < 1.29 is 4.42 Å². The van der Waals surface area contributed by atoms with Gasteiger partial charge in [-0.05, 0) is 40.5 Å². The van der Waals surface area contributed by atoms with Gasteiger partial charge in [-0.3, -0.25) is 0 Å². The third-order valence-corrected chi connectivity index (χ3v) is 4.67. The topological polar surface area (TPSA) is 13.1 Å². The molecule has 0 spiro atoms. The van der Waals surface area contributed by atoms with Crippen LogP contribution in [0.1, 0.15) is 11.1 Å². The number of hydrogen-bond donors (Lipinski definition) is 0. The quantitative estimate of drug-likeness (QED) is 0.371. The summed E-state index contributed by atoms with van der Waals surface area (Å²) in [5, 5.41) is 4.95. The van der Waals surface area contributed by atoms with Crippen LogP contribution in [0.5, 0.6) is 0 Å². The molecule has 1 heteroatoms. The van der Waals surface area contributed by atoms with E-state index in [1.165, 1.54) is 32.7 Å². The van der Waals surface area contributed by atoms with E-state index in [-0.39, 0.29) is 0 Å². The van der Waals surface area contributed by atoms with Gasteiger partial charge in [0, 0.05) is 10.8 Å². The third kappa shape index (κ3) is 2.17. The molecular weight excluding hydrogens is 292 g/mol. The van der Waals surface area contributed by atoms with Crippen LogP contribution in [0.4, 0.5) is 0 Å². The van der Waals surface area contributed by atoms with E-state index < -0.39 is 0 Å². The average molecular weight is 308 g/mol. The normalized spacial score (nSPS) is 11.5. The van der Waals surface area contributed by atoms with Crippen LogP contribution in [0.3, 0.4) is 0 Å². The van der Waals surface area contributed by atoms with Crippen molar-refractivity contribution in [1.82, 2.24) is 0 Å². The predicted molar refractivity (Wildman–Crippen MR) is 100 cm³/mol. The van der Waals surface area contributed by atoms with E-state index in [4.69, 9.17) is 4.42 Å². The van der Waals surface area contributed by atoms with Crippen LogP contribution in [-0.2, 0) is 6.42 Å². The van der Waals surface area contributed by atoms with Gasteiger partial charge in [0.1, 0.15) is 11.2 Å². The SMILES string of the molecule is c1ccc2cc(Cc3ccc4c(c3)oc3ccccc34)ccc2c1. The standard InChI is InChI=1S/C23H16O/c1-2-6-19-14-16(9-11-18(19)5-1)13-17-10-12-21-20-7-3-4-8-22(20)24-23(21)15-17/h1-12,14-15H,13H2. The van der Waals surface area contributed by atoms with Crippen LogP contribution < -0.4 is 0 Å². The maximum atomic E-state index is 6.00. The average Bonchev–Trinajstić information content (AvgIpc) is 2.99. The second-order valence-corrected chi connectivity index (χ2v) is 6.29. The Morgan fingerprint density at radius 2 is 1.25 bits per heavy atom. The molecule has 0 aliphatic carbocycles. The Bertz CT molecular complexity index is 1180. The zero-order valence-electron chi connectivity index (χ0n) is 13.2. The fraction of sp³-hybridized carbons (Fsp3) is 0.0435. The van der Waals surface area contributed by atoms with Crippen LogP contribution in [0, 0.1) is 0 Å². The fourth-order valence-electron chi connectivity index (χ4n) is 3.46. The molecule has 0 N–H and O–H groups in total. The maximum Gasteiger partial charge on any atom is 0.135 e. The lowest BCUT2D eigenvalue weighted by Gasteiger charge is -2.04. The summed E-state index contributed by atoms with van der Waals surface area (Å²) in [6.45, 7) is 0. The summed E-state index contributed by atoms with van der Waals surface area (Å²) in [6.07, 6.45) is 0.915. The van der Waals surface area contributed by atoms with E-state index in [1.54, 1.807) is 0 Å². The minimum absolute atomic E-state index is 0.915. The molecule has 5 aromatic rings. The molecule has 4 aromatic carbocycles. The molecule has 5 rings (SSSR count). The van der Waals surface area contributed by atoms with Gasteiger partial charge in [-0.15, -0.1) is 0 Å². The van der Waals surface area contributed by atoms with E-state index in [1.807, 2.05) is 12.1 Å². The Balaban J connectivity index is 1.56. The Kier molecular flexibility index (Phi) is 2.92. The molecule has 0 atom stereocenters. The first-order valence-corrected chi connectivity index (χ1v) is 8.25. The number of furan rings is 1. The molecule has 0 saturated carbocycles. The van der Waals surface area contributed by atoms with Gasteiger partial charge in [-0.2, -0.15) is 0 Å². The van der Waals surface area contributed by atoms with Crippen molar-refractivity contribution in [1.29, 1.82) is 0 Å². The molecule has 0 saturated heterocycles. The summed E-state index contributed by atoms with van der Waals surface area (Å²) < 4.78 is 6.00. The van der Waals surface area contributed by atoms with Crippen LogP contribution in [0.15, 0.2) is 89.3 Å². The highest BCUT2D eigenvalue weighted by molar-refractivity contribution is 6.04. The number of fused-ring (bicyclic) bond motifs is 4. The Morgan fingerprint density at radius 1 is 0.542 bits per heavy atom. The maximum absolute atomic E-state index is 6.00. The molecule has 0 aliphatic rings. The zero-order valence-corrected chi connectivity index (χ0v) is 13.2. The number of benzene rings is 4. The smallest absolute Gasteiger partial charge is 0.135 e. The van der Waals surface area contributed by atoms with E-state index >= 15 is 0 Å². The summed E-state index contributed by atoms with van der Waals surface area (Å²) >= 11 is 0. The predicted octanol–water partition coefficient (Wildman–Crippen LogP) is 6.33. The van der Waals surface area contributed by atoms with E-state index in [0.29, 0.717) is 0 Å². The second kappa shape index (κ2) is 5.24. The number of para-hydroxylation sites is 1. The van der Waals surface area contributed by atoms with Gasteiger partial charge in [-0.25, -0.2) is 0 Å². The lowest BCUT2D eigenvalue weighted by molar-refractivity contribution is 0.668. The lowest BCUT2D eigenvalue weighted by Crippen LogP contribution is -1.88. The molecule has 0 amide bonds. The van der Waals surface area contributed by atoms with Gasteiger partial charge >= 0.3 is 0 Å². The fourth-order valence-corrected chi connectivity index (χ4v) is 3.46. The second-order valence-electron chi connectivity index (χ2n) is 6.29. The van der Waals surface area contributed by atoms with Crippen molar-refractivity contribution >= 4 is 32.7 Å². The molecule has 1 heterocycles. The van der Waals surface area contributed by atoms with Gasteiger partial charge in [0.05, 0.1) is 0 Å². The number of hydrogen-bond acceptors (Lipinski definition) is 1. The van der Waals surface area contributed by atoms with Gasteiger partial charge in [0.15, 0.2) is 0 Å². The van der Waals surface area contributed by atoms with Crippen molar-refractivity contribution in [2.45, 2.75) is 6.42 Å². The summed E-state index contributed by atoms with van der Waals surface area (Å²) in [7, 11) is 0. The van der Waals surface area contributed by atoms with Crippen LogP contribution in [0.25, 0.3) is 32.7 Å². The summed E-state index contributed by atoms with van der Waals surface area (Å²) in [6, 6.07) is 29.9. The molecule has 24 heavy (non-hydrogen) atoms. The van der Waals surface area contributed by atoms with Gasteiger partial charge < -0.3 is 4.42 Å². The van der Waals surface area contributed by atoms with Crippen molar-refractivity contribution in [3.05, 3.63) is 96.1 Å². The highest BCUT2D eigenvalue weighted by Gasteiger charge is 2.07. The van der Waals surface area contributed by atoms with E-state index in [0.717, 1.165) is 17.6 Å². The molecule has 0 unspecified atom stereocenters. The van der Waals surface area contributed by atoms with E-state index in [9.17, 15) is 0 Å². The Labute approximate surface area is 140 Å². The monoisotopic (exact) mass is 308 g/mol. The highest BCUT2D eigenvalue weighted by Crippen LogP contribution is 2.29. The Hall–Kier alpha value is -3.06. The van der Waals surface area contributed by atoms with Gasteiger partial charge in [0.25, 0.3) is 0 Å². The first-order chi connectivity index (χ1) is 11.9. The van der Waals surface area contributed by atoms with E-state index in [2.05, 4.69) is 72.8 Å². The van der Waals surface area contributed by atoms with Crippen molar-refractivity contribution in [2.75, 3.05) is 0 Å². The molecule has 0 radical (unpaired) electrons. The summed E-state index contributed by atoms with van der Waals surface area (Å²) in [5.74, 6) is 0. The molecular formula is C23H16O. The van der Waals surface area contributed by atoms with Gasteiger partial charge in [0.2, 0.25) is 0 Å². The minimum Gasteiger partial charge on any atom is -0.456 e. The zero-order chi connectivity index (χ0) is 15.9. The summed E-state index contributed by atoms with van der Waals surface area (Å²) in [5.41, 5.74) is 4.52. The van der Waals surface area contributed by atoms with Gasteiger partial charge in [-0.1, -0.05) is 72.8 Å². The largest absolute Gasteiger partial charge is 0.456 e. The Morgan fingerprint density at radius 3 is 2.21 bits per heavy atom. The van der Waals surface area contributed by atoms with Crippen LogP contribution in [-0.4, -0.2) is 0 Å².